The third-order valence-electron chi connectivity index (χ3n) is 5.32. The summed E-state index contributed by atoms with van der Waals surface area (Å²) in [7, 11) is 0. The molecule has 7 heteroatoms. The van der Waals surface area contributed by atoms with Gasteiger partial charge >= 0.3 is 0 Å². The Bertz CT molecular complexity index is 858. The molecule has 1 heterocycles. The van der Waals surface area contributed by atoms with E-state index in [4.69, 9.17) is 16.3 Å². The van der Waals surface area contributed by atoms with Crippen molar-refractivity contribution in [1.82, 2.24) is 15.5 Å². The molecule has 1 saturated heterocycles. The predicted molar refractivity (Wildman–Crippen MR) is 122 cm³/mol. The molecule has 0 radical (unpaired) electrons. The van der Waals surface area contributed by atoms with Crippen molar-refractivity contribution in [3.63, 3.8) is 0 Å². The van der Waals surface area contributed by atoms with E-state index in [2.05, 4.69) is 27.7 Å². The van der Waals surface area contributed by atoms with E-state index in [-0.39, 0.29) is 23.8 Å². The molecule has 1 aliphatic rings. The van der Waals surface area contributed by atoms with Crippen LogP contribution in [-0.4, -0.2) is 55.1 Å². The van der Waals surface area contributed by atoms with E-state index in [1.807, 2.05) is 32.0 Å². The monoisotopic (exact) mass is 443 g/mol. The lowest BCUT2D eigenvalue weighted by Gasteiger charge is -2.33. The van der Waals surface area contributed by atoms with Crippen LogP contribution in [0.3, 0.4) is 0 Å². The number of benzene rings is 2. The highest BCUT2D eigenvalue weighted by Crippen LogP contribution is 2.12. The summed E-state index contributed by atoms with van der Waals surface area (Å²) >= 11 is 5.88. The predicted octanol–water partition coefficient (Wildman–Crippen LogP) is 3.11. The van der Waals surface area contributed by atoms with E-state index in [1.165, 1.54) is 5.56 Å². The standard InChI is InChI=1S/C24H30ClN3O3/c1-17(2)22(27-23(29)19-8-10-20(25)11-9-19)24(30)26-14-21-16-28(12-13-31-21)15-18-6-4-3-5-7-18/h3-11,17,21-22H,12-16H2,1-2H3,(H,26,30)(H,27,29). The summed E-state index contributed by atoms with van der Waals surface area (Å²) in [6, 6.07) is 16.3. The lowest BCUT2D eigenvalue weighted by molar-refractivity contribution is -0.125. The molecule has 2 amide bonds. The first-order chi connectivity index (χ1) is 14.9. The lowest BCUT2D eigenvalue weighted by Crippen LogP contribution is -2.53. The van der Waals surface area contributed by atoms with Gasteiger partial charge in [-0.3, -0.25) is 14.5 Å². The Morgan fingerprint density at radius 2 is 1.84 bits per heavy atom. The number of ether oxygens (including phenoxy) is 1. The number of morpholine rings is 1. The van der Waals surface area contributed by atoms with Gasteiger partial charge in [-0.15, -0.1) is 0 Å². The molecule has 0 aromatic heterocycles. The summed E-state index contributed by atoms with van der Waals surface area (Å²) in [6.07, 6.45) is -0.0822. The van der Waals surface area contributed by atoms with Gasteiger partial charge in [0.05, 0.1) is 12.7 Å². The van der Waals surface area contributed by atoms with Crippen molar-refractivity contribution in [3.05, 3.63) is 70.7 Å². The molecule has 2 atom stereocenters. The van der Waals surface area contributed by atoms with Gasteiger partial charge in [-0.1, -0.05) is 55.8 Å². The van der Waals surface area contributed by atoms with Crippen molar-refractivity contribution in [2.24, 2.45) is 5.92 Å². The number of nitrogens with one attached hydrogen (secondary N) is 2. The number of nitrogens with zero attached hydrogens (tertiary/aromatic N) is 1. The van der Waals surface area contributed by atoms with Crippen LogP contribution in [0.4, 0.5) is 0 Å². The lowest BCUT2D eigenvalue weighted by atomic mass is 10.0. The van der Waals surface area contributed by atoms with Gasteiger partial charge in [0.1, 0.15) is 6.04 Å². The highest BCUT2D eigenvalue weighted by Gasteiger charge is 2.27. The summed E-state index contributed by atoms with van der Waals surface area (Å²) in [4.78, 5) is 27.7. The molecule has 31 heavy (non-hydrogen) atoms. The average Bonchev–Trinajstić information content (AvgIpc) is 2.77. The highest BCUT2D eigenvalue weighted by atomic mass is 35.5. The molecule has 6 nitrogen and oxygen atoms in total. The van der Waals surface area contributed by atoms with Gasteiger partial charge in [0.2, 0.25) is 5.91 Å². The van der Waals surface area contributed by atoms with Crippen molar-refractivity contribution in [2.45, 2.75) is 32.5 Å². The van der Waals surface area contributed by atoms with E-state index in [0.29, 0.717) is 23.7 Å². The van der Waals surface area contributed by atoms with Gasteiger partial charge < -0.3 is 15.4 Å². The third kappa shape index (κ3) is 7.06. The van der Waals surface area contributed by atoms with Gasteiger partial charge in [0, 0.05) is 36.8 Å². The molecule has 2 aromatic rings. The van der Waals surface area contributed by atoms with Crippen LogP contribution in [0.25, 0.3) is 0 Å². The summed E-state index contributed by atoms with van der Waals surface area (Å²) in [5.74, 6) is -0.562. The van der Waals surface area contributed by atoms with Crippen molar-refractivity contribution in [1.29, 1.82) is 0 Å². The zero-order chi connectivity index (χ0) is 22.2. The number of amides is 2. The fourth-order valence-corrected chi connectivity index (χ4v) is 3.70. The Hall–Kier alpha value is -2.41. The minimum Gasteiger partial charge on any atom is -0.374 e. The van der Waals surface area contributed by atoms with Crippen LogP contribution in [-0.2, 0) is 16.1 Å². The number of carbonyl (C=O) groups excluding carboxylic acids is 2. The second-order valence-electron chi connectivity index (χ2n) is 8.16. The molecule has 2 aromatic carbocycles. The van der Waals surface area contributed by atoms with Crippen molar-refractivity contribution in [3.8, 4) is 0 Å². The number of rotatable bonds is 8. The molecule has 0 saturated carbocycles. The molecule has 1 fully saturated rings. The largest absolute Gasteiger partial charge is 0.374 e. The van der Waals surface area contributed by atoms with Gasteiger partial charge in [0.25, 0.3) is 5.91 Å². The van der Waals surface area contributed by atoms with Gasteiger partial charge in [0.15, 0.2) is 0 Å². The first-order valence-electron chi connectivity index (χ1n) is 10.6. The summed E-state index contributed by atoms with van der Waals surface area (Å²) in [5.41, 5.74) is 1.73. The van der Waals surface area contributed by atoms with Gasteiger partial charge in [-0.25, -0.2) is 0 Å². The second kappa shape index (κ2) is 11.3. The molecule has 2 unspecified atom stereocenters. The number of carbonyl (C=O) groups is 2. The van der Waals surface area contributed by atoms with Crippen LogP contribution in [0.2, 0.25) is 5.02 Å². The van der Waals surface area contributed by atoms with Crippen molar-refractivity contribution < 1.29 is 14.3 Å². The molecule has 0 spiro atoms. The molecular formula is C24H30ClN3O3. The Kier molecular flexibility index (Phi) is 8.46. The highest BCUT2D eigenvalue weighted by molar-refractivity contribution is 6.30. The van der Waals surface area contributed by atoms with E-state index >= 15 is 0 Å². The summed E-state index contributed by atoms with van der Waals surface area (Å²) in [5, 5.41) is 6.35. The van der Waals surface area contributed by atoms with Crippen LogP contribution >= 0.6 is 11.6 Å². The summed E-state index contributed by atoms with van der Waals surface area (Å²) < 4.78 is 5.84. The number of hydrogen-bond donors (Lipinski definition) is 2. The molecule has 3 rings (SSSR count). The Balaban J connectivity index is 1.51. The topological polar surface area (TPSA) is 70.7 Å². The zero-order valence-corrected chi connectivity index (χ0v) is 18.8. The SMILES string of the molecule is CC(C)C(NC(=O)c1ccc(Cl)cc1)C(=O)NCC1CN(Cc2ccccc2)CCO1. The van der Waals surface area contributed by atoms with Crippen LogP contribution in [0.1, 0.15) is 29.8 Å². The maximum Gasteiger partial charge on any atom is 0.251 e. The van der Waals surface area contributed by atoms with E-state index in [1.54, 1.807) is 24.3 Å². The fraction of sp³-hybridized carbons (Fsp3) is 0.417. The van der Waals surface area contributed by atoms with Crippen molar-refractivity contribution in [2.75, 3.05) is 26.2 Å². The quantitative estimate of drug-likeness (QED) is 0.657. The Morgan fingerprint density at radius 3 is 2.52 bits per heavy atom. The maximum atomic E-state index is 12.8. The van der Waals surface area contributed by atoms with Gasteiger partial charge in [-0.05, 0) is 35.7 Å². The first kappa shape index (κ1) is 23.3. The van der Waals surface area contributed by atoms with E-state index in [0.717, 1.165) is 19.6 Å². The number of halogens is 1. The molecule has 1 aliphatic heterocycles. The average molecular weight is 444 g/mol. The first-order valence-corrected chi connectivity index (χ1v) is 11.0. The maximum absolute atomic E-state index is 12.8. The van der Waals surface area contributed by atoms with Crippen molar-refractivity contribution >= 4 is 23.4 Å². The minimum absolute atomic E-state index is 0.0573. The van der Waals surface area contributed by atoms with Crippen LogP contribution < -0.4 is 10.6 Å². The minimum atomic E-state index is -0.632. The zero-order valence-electron chi connectivity index (χ0n) is 18.0. The van der Waals surface area contributed by atoms with Gasteiger partial charge in [-0.2, -0.15) is 0 Å². The third-order valence-corrected chi connectivity index (χ3v) is 5.57. The number of hydrogen-bond acceptors (Lipinski definition) is 4. The smallest absolute Gasteiger partial charge is 0.251 e. The molecule has 0 aliphatic carbocycles. The summed E-state index contributed by atoms with van der Waals surface area (Å²) in [6.45, 7) is 7.33. The molecule has 2 N–H and O–H groups in total. The normalized spacial score (nSPS) is 17.9. The Labute approximate surface area is 188 Å². The molecule has 166 valence electrons. The van der Waals surface area contributed by atoms with E-state index < -0.39 is 6.04 Å². The molecule has 0 bridgehead atoms. The Morgan fingerprint density at radius 1 is 1.13 bits per heavy atom. The second-order valence-corrected chi connectivity index (χ2v) is 8.60. The molecular weight excluding hydrogens is 414 g/mol. The van der Waals surface area contributed by atoms with E-state index in [9.17, 15) is 9.59 Å². The van der Waals surface area contributed by atoms with Crippen LogP contribution in [0, 0.1) is 5.92 Å². The fourth-order valence-electron chi connectivity index (χ4n) is 3.57. The van der Waals surface area contributed by atoms with Crippen LogP contribution in [0.5, 0.6) is 0 Å². The van der Waals surface area contributed by atoms with Crippen LogP contribution in [0.15, 0.2) is 54.6 Å².